The molecule has 1 aliphatic rings. The first-order valence-corrected chi connectivity index (χ1v) is 6.75. The second kappa shape index (κ2) is 6.13. The van der Waals surface area contributed by atoms with Crippen molar-refractivity contribution in [3.63, 3.8) is 0 Å². The molecule has 0 radical (unpaired) electrons. The molecule has 5 nitrogen and oxygen atoms in total. The molecule has 1 fully saturated rings. The fourth-order valence-corrected chi connectivity index (χ4v) is 2.28. The molecule has 1 aromatic carbocycles. The van der Waals surface area contributed by atoms with Gasteiger partial charge < -0.3 is 19.9 Å². The van der Waals surface area contributed by atoms with E-state index in [0.29, 0.717) is 23.6 Å². The van der Waals surface area contributed by atoms with Crippen LogP contribution < -0.4 is 14.8 Å². The van der Waals surface area contributed by atoms with E-state index in [2.05, 4.69) is 5.32 Å². The van der Waals surface area contributed by atoms with Crippen LogP contribution in [-0.2, 0) is 0 Å². The van der Waals surface area contributed by atoms with Gasteiger partial charge in [0.1, 0.15) is 11.5 Å². The number of rotatable bonds is 7. The first-order chi connectivity index (χ1) is 9.64. The summed E-state index contributed by atoms with van der Waals surface area (Å²) in [5, 5.41) is 12.0. The SMILES string of the molecule is COc1ccc(OC)c(C(=O)NCC2(CCO)CC2)c1. The van der Waals surface area contributed by atoms with Crippen LogP contribution in [0.3, 0.4) is 0 Å². The number of carbonyl (C=O) groups is 1. The van der Waals surface area contributed by atoms with Gasteiger partial charge in [-0.3, -0.25) is 4.79 Å². The van der Waals surface area contributed by atoms with E-state index in [1.165, 1.54) is 7.11 Å². The molecule has 0 bridgehead atoms. The average Bonchev–Trinajstić information content (AvgIpc) is 3.24. The molecule has 2 N–H and O–H groups in total. The Labute approximate surface area is 118 Å². The number of amides is 1. The lowest BCUT2D eigenvalue weighted by Crippen LogP contribution is -2.31. The van der Waals surface area contributed by atoms with Crippen molar-refractivity contribution in [2.24, 2.45) is 5.41 Å². The van der Waals surface area contributed by atoms with Crippen molar-refractivity contribution in [3.8, 4) is 11.5 Å². The quantitative estimate of drug-likeness (QED) is 0.795. The van der Waals surface area contributed by atoms with Gasteiger partial charge in [-0.05, 0) is 42.9 Å². The summed E-state index contributed by atoms with van der Waals surface area (Å²) in [7, 11) is 3.09. The molecule has 0 heterocycles. The third-order valence-corrected chi connectivity index (χ3v) is 3.87. The van der Waals surface area contributed by atoms with Crippen LogP contribution in [0.15, 0.2) is 18.2 Å². The van der Waals surface area contributed by atoms with Gasteiger partial charge >= 0.3 is 0 Å². The Bertz CT molecular complexity index is 483. The summed E-state index contributed by atoms with van der Waals surface area (Å²) >= 11 is 0. The highest BCUT2D eigenvalue weighted by Gasteiger charge is 2.42. The van der Waals surface area contributed by atoms with Crippen molar-refractivity contribution in [2.45, 2.75) is 19.3 Å². The topological polar surface area (TPSA) is 67.8 Å². The van der Waals surface area contributed by atoms with Crippen LogP contribution in [0.4, 0.5) is 0 Å². The summed E-state index contributed by atoms with van der Waals surface area (Å²) in [5.41, 5.74) is 0.558. The molecule has 0 aromatic heterocycles. The Morgan fingerprint density at radius 1 is 1.35 bits per heavy atom. The van der Waals surface area contributed by atoms with Crippen LogP contribution in [0, 0.1) is 5.41 Å². The second-order valence-corrected chi connectivity index (χ2v) is 5.22. The molecule has 1 saturated carbocycles. The van der Waals surface area contributed by atoms with Crippen LogP contribution in [-0.4, -0.2) is 38.4 Å². The Kier molecular flexibility index (Phi) is 4.49. The predicted octanol–water partition coefficient (Wildman–Crippen LogP) is 1.60. The van der Waals surface area contributed by atoms with Crippen LogP contribution >= 0.6 is 0 Å². The van der Waals surface area contributed by atoms with Crippen LogP contribution in [0.25, 0.3) is 0 Å². The average molecular weight is 279 g/mol. The molecule has 0 aliphatic heterocycles. The third-order valence-electron chi connectivity index (χ3n) is 3.87. The molecule has 1 aromatic rings. The van der Waals surface area contributed by atoms with E-state index >= 15 is 0 Å². The lowest BCUT2D eigenvalue weighted by atomic mass is 10.0. The van der Waals surface area contributed by atoms with E-state index in [-0.39, 0.29) is 17.9 Å². The van der Waals surface area contributed by atoms with Crippen LogP contribution in [0.1, 0.15) is 29.6 Å². The van der Waals surface area contributed by atoms with Crippen molar-refractivity contribution in [3.05, 3.63) is 23.8 Å². The minimum atomic E-state index is -0.176. The molecule has 0 spiro atoms. The standard InChI is InChI=1S/C15H21NO4/c1-19-11-3-4-13(20-2)12(9-11)14(18)16-10-15(5-6-15)7-8-17/h3-4,9,17H,5-8,10H2,1-2H3,(H,16,18). The van der Waals surface area contributed by atoms with Gasteiger partial charge in [0, 0.05) is 13.2 Å². The predicted molar refractivity (Wildman–Crippen MR) is 75.2 cm³/mol. The van der Waals surface area contributed by atoms with Gasteiger partial charge in [-0.15, -0.1) is 0 Å². The van der Waals surface area contributed by atoms with Crippen molar-refractivity contribution >= 4 is 5.91 Å². The zero-order valence-corrected chi connectivity index (χ0v) is 11.9. The fraction of sp³-hybridized carbons (Fsp3) is 0.533. The molecular formula is C15H21NO4. The molecule has 0 saturated heterocycles. The van der Waals surface area contributed by atoms with E-state index in [4.69, 9.17) is 14.6 Å². The first kappa shape index (κ1) is 14.7. The molecule has 20 heavy (non-hydrogen) atoms. The summed E-state index contributed by atoms with van der Waals surface area (Å²) in [6.07, 6.45) is 2.86. The monoisotopic (exact) mass is 279 g/mol. The summed E-state index contributed by atoms with van der Waals surface area (Å²) in [4.78, 5) is 12.3. The highest BCUT2D eigenvalue weighted by Crippen LogP contribution is 2.47. The number of nitrogens with one attached hydrogen (secondary N) is 1. The zero-order chi connectivity index (χ0) is 14.6. The molecule has 1 aliphatic carbocycles. The third kappa shape index (κ3) is 3.22. The van der Waals surface area contributed by atoms with Crippen molar-refractivity contribution in [2.75, 3.05) is 27.4 Å². The number of aliphatic hydroxyl groups is 1. The summed E-state index contributed by atoms with van der Waals surface area (Å²) in [5.74, 6) is 0.965. The molecular weight excluding hydrogens is 258 g/mol. The molecule has 0 unspecified atom stereocenters. The van der Waals surface area contributed by atoms with Gasteiger partial charge in [-0.2, -0.15) is 0 Å². The molecule has 1 amide bonds. The van der Waals surface area contributed by atoms with Gasteiger partial charge in [-0.25, -0.2) is 0 Å². The second-order valence-electron chi connectivity index (χ2n) is 5.22. The van der Waals surface area contributed by atoms with E-state index in [9.17, 15) is 4.79 Å². The number of aliphatic hydroxyl groups excluding tert-OH is 1. The molecule has 2 rings (SSSR count). The highest BCUT2D eigenvalue weighted by atomic mass is 16.5. The van der Waals surface area contributed by atoms with Crippen molar-refractivity contribution in [1.82, 2.24) is 5.32 Å². The Morgan fingerprint density at radius 3 is 2.65 bits per heavy atom. The van der Waals surface area contributed by atoms with E-state index in [1.54, 1.807) is 25.3 Å². The summed E-state index contributed by atoms with van der Waals surface area (Å²) < 4.78 is 10.3. The number of ether oxygens (including phenoxy) is 2. The van der Waals surface area contributed by atoms with Crippen molar-refractivity contribution in [1.29, 1.82) is 0 Å². The summed E-state index contributed by atoms with van der Waals surface area (Å²) in [6.45, 7) is 0.755. The largest absolute Gasteiger partial charge is 0.497 e. The maximum Gasteiger partial charge on any atom is 0.255 e. The Hall–Kier alpha value is -1.75. The zero-order valence-electron chi connectivity index (χ0n) is 11.9. The maximum atomic E-state index is 12.3. The summed E-state index contributed by atoms with van der Waals surface area (Å²) in [6, 6.07) is 5.14. The molecule has 5 heteroatoms. The lowest BCUT2D eigenvalue weighted by molar-refractivity contribution is 0.0937. The van der Waals surface area contributed by atoms with E-state index in [1.807, 2.05) is 0 Å². The fourth-order valence-electron chi connectivity index (χ4n) is 2.28. The minimum absolute atomic E-state index is 0.0938. The van der Waals surface area contributed by atoms with E-state index in [0.717, 1.165) is 19.3 Å². The van der Waals surface area contributed by atoms with Gasteiger partial charge in [0.2, 0.25) is 0 Å². The van der Waals surface area contributed by atoms with Crippen LogP contribution in [0.2, 0.25) is 0 Å². The Balaban J connectivity index is 2.04. The van der Waals surface area contributed by atoms with Crippen LogP contribution in [0.5, 0.6) is 11.5 Å². The minimum Gasteiger partial charge on any atom is -0.497 e. The van der Waals surface area contributed by atoms with Gasteiger partial charge in [-0.1, -0.05) is 0 Å². The normalized spacial score (nSPS) is 15.6. The highest BCUT2D eigenvalue weighted by molar-refractivity contribution is 5.97. The Morgan fingerprint density at radius 2 is 2.10 bits per heavy atom. The van der Waals surface area contributed by atoms with E-state index < -0.39 is 0 Å². The maximum absolute atomic E-state index is 12.3. The van der Waals surface area contributed by atoms with Gasteiger partial charge in [0.25, 0.3) is 5.91 Å². The lowest BCUT2D eigenvalue weighted by Gasteiger charge is -2.16. The number of benzene rings is 1. The first-order valence-electron chi connectivity index (χ1n) is 6.75. The molecule has 110 valence electrons. The molecule has 0 atom stereocenters. The smallest absolute Gasteiger partial charge is 0.255 e. The number of methoxy groups -OCH3 is 2. The van der Waals surface area contributed by atoms with Gasteiger partial charge in [0.15, 0.2) is 0 Å². The van der Waals surface area contributed by atoms with Gasteiger partial charge in [0.05, 0.1) is 19.8 Å². The number of hydrogen-bond acceptors (Lipinski definition) is 4. The van der Waals surface area contributed by atoms with Crippen molar-refractivity contribution < 1.29 is 19.4 Å². The number of carbonyl (C=O) groups excluding carboxylic acids is 1. The number of hydrogen-bond donors (Lipinski definition) is 2.